The minimum atomic E-state index is -3.70. The molecule has 4 N–H and O–H groups in total. The van der Waals surface area contributed by atoms with Gasteiger partial charge in [-0.2, -0.15) is 0 Å². The number of nitrogens with one attached hydrogen (secondary N) is 2. The van der Waals surface area contributed by atoms with Gasteiger partial charge in [0.15, 0.2) is 0 Å². The number of hydrogen-bond donors (Lipinski definition) is 3. The maximum absolute atomic E-state index is 12.2. The van der Waals surface area contributed by atoms with Gasteiger partial charge in [-0.15, -0.1) is 0 Å². The van der Waals surface area contributed by atoms with Crippen molar-refractivity contribution >= 4 is 15.9 Å². The molecular weight excluding hydrogens is 294 g/mol. The lowest BCUT2D eigenvalue weighted by Crippen LogP contribution is -2.32. The highest BCUT2D eigenvalue weighted by Crippen LogP contribution is 2.22. The molecule has 8 heteroatoms. The summed E-state index contributed by atoms with van der Waals surface area (Å²) < 4.78 is 31.9. The van der Waals surface area contributed by atoms with E-state index in [1.165, 1.54) is 25.3 Å². The predicted octanol–water partition coefficient (Wildman–Crippen LogP) is -0.0721. The first-order valence-corrected chi connectivity index (χ1v) is 7.92. The summed E-state index contributed by atoms with van der Waals surface area (Å²) in [5.74, 6) is -0.365. The van der Waals surface area contributed by atoms with Gasteiger partial charge in [0.25, 0.3) is 5.91 Å². The Labute approximate surface area is 124 Å². The normalized spacial score (nSPS) is 12.9. The third kappa shape index (κ3) is 4.69. The Morgan fingerprint density at radius 3 is 2.57 bits per heavy atom. The van der Waals surface area contributed by atoms with E-state index in [9.17, 15) is 13.2 Å². The largest absolute Gasteiger partial charge is 0.496 e. The van der Waals surface area contributed by atoms with Gasteiger partial charge in [0.1, 0.15) is 5.75 Å². The number of primary amides is 1. The standard InChI is InChI=1S/C13H21N3O4S/c1-9(7-15-2)8-16-21(18,19)10-4-5-12(20-3)11(6-10)13(14)17/h4-6,9,15-16H,7-8H2,1-3H3,(H2,14,17). The molecular formula is C13H21N3O4S. The summed E-state index contributed by atoms with van der Waals surface area (Å²) in [5.41, 5.74) is 5.25. The Morgan fingerprint density at radius 1 is 1.38 bits per heavy atom. The van der Waals surface area contributed by atoms with Gasteiger partial charge in [-0.25, -0.2) is 13.1 Å². The van der Waals surface area contributed by atoms with E-state index in [0.29, 0.717) is 13.1 Å². The van der Waals surface area contributed by atoms with E-state index in [-0.39, 0.29) is 22.1 Å². The van der Waals surface area contributed by atoms with E-state index in [1.807, 2.05) is 6.92 Å². The first-order chi connectivity index (χ1) is 9.81. The monoisotopic (exact) mass is 315 g/mol. The molecule has 1 aromatic carbocycles. The minimum Gasteiger partial charge on any atom is -0.496 e. The van der Waals surface area contributed by atoms with Gasteiger partial charge >= 0.3 is 0 Å². The van der Waals surface area contributed by atoms with Crippen LogP contribution in [0.2, 0.25) is 0 Å². The average Bonchev–Trinajstić information content (AvgIpc) is 2.44. The summed E-state index contributed by atoms with van der Waals surface area (Å²) in [5, 5.41) is 2.97. The predicted molar refractivity (Wildman–Crippen MR) is 79.8 cm³/mol. The molecule has 1 atom stereocenters. The van der Waals surface area contributed by atoms with Crippen molar-refractivity contribution in [2.45, 2.75) is 11.8 Å². The number of nitrogens with two attached hydrogens (primary N) is 1. The second-order valence-electron chi connectivity index (χ2n) is 4.74. The maximum Gasteiger partial charge on any atom is 0.252 e. The van der Waals surface area contributed by atoms with Gasteiger partial charge in [-0.05, 0) is 37.7 Å². The van der Waals surface area contributed by atoms with Crippen LogP contribution in [0.25, 0.3) is 0 Å². The van der Waals surface area contributed by atoms with Crippen LogP contribution in [-0.2, 0) is 10.0 Å². The van der Waals surface area contributed by atoms with Crippen LogP contribution in [0.4, 0.5) is 0 Å². The number of amides is 1. The molecule has 0 saturated heterocycles. The van der Waals surface area contributed by atoms with Crippen molar-refractivity contribution in [2.75, 3.05) is 27.2 Å². The molecule has 21 heavy (non-hydrogen) atoms. The van der Waals surface area contributed by atoms with E-state index in [1.54, 1.807) is 7.05 Å². The number of hydrogen-bond acceptors (Lipinski definition) is 5. The molecule has 1 unspecified atom stereocenters. The molecule has 0 radical (unpaired) electrons. The third-order valence-electron chi connectivity index (χ3n) is 2.92. The Kier molecular flexibility index (Phi) is 6.13. The summed E-state index contributed by atoms with van der Waals surface area (Å²) in [7, 11) is -0.514. The van der Waals surface area contributed by atoms with E-state index in [2.05, 4.69) is 10.0 Å². The Hall–Kier alpha value is -1.64. The quantitative estimate of drug-likeness (QED) is 0.622. The maximum atomic E-state index is 12.2. The molecule has 0 bridgehead atoms. The molecule has 0 spiro atoms. The number of carbonyl (C=O) groups is 1. The second kappa shape index (κ2) is 7.39. The molecule has 0 aliphatic heterocycles. The van der Waals surface area contributed by atoms with Gasteiger partial charge in [-0.3, -0.25) is 4.79 Å². The number of sulfonamides is 1. The zero-order chi connectivity index (χ0) is 16.0. The summed E-state index contributed by atoms with van der Waals surface area (Å²) >= 11 is 0. The van der Waals surface area contributed by atoms with Crippen LogP contribution < -0.4 is 20.5 Å². The molecule has 0 aliphatic carbocycles. The zero-order valence-corrected chi connectivity index (χ0v) is 13.2. The highest BCUT2D eigenvalue weighted by atomic mass is 32.2. The van der Waals surface area contributed by atoms with Gasteiger partial charge in [0.2, 0.25) is 10.0 Å². The van der Waals surface area contributed by atoms with Gasteiger partial charge < -0.3 is 15.8 Å². The highest BCUT2D eigenvalue weighted by molar-refractivity contribution is 7.89. The molecule has 0 saturated carbocycles. The lowest BCUT2D eigenvalue weighted by molar-refractivity contribution is 0.0997. The van der Waals surface area contributed by atoms with Crippen molar-refractivity contribution in [3.63, 3.8) is 0 Å². The second-order valence-corrected chi connectivity index (χ2v) is 6.51. The first-order valence-electron chi connectivity index (χ1n) is 6.44. The molecule has 1 rings (SSSR count). The molecule has 0 heterocycles. The van der Waals surface area contributed by atoms with E-state index in [4.69, 9.17) is 10.5 Å². The highest BCUT2D eigenvalue weighted by Gasteiger charge is 2.19. The first kappa shape index (κ1) is 17.4. The van der Waals surface area contributed by atoms with Crippen molar-refractivity contribution in [2.24, 2.45) is 11.7 Å². The van der Waals surface area contributed by atoms with Crippen molar-refractivity contribution in [3.05, 3.63) is 23.8 Å². The van der Waals surface area contributed by atoms with Crippen LogP contribution in [0.3, 0.4) is 0 Å². The molecule has 0 fully saturated rings. The smallest absolute Gasteiger partial charge is 0.252 e. The minimum absolute atomic E-state index is 0.0197. The SMILES string of the molecule is CNCC(C)CNS(=O)(=O)c1ccc(OC)c(C(N)=O)c1. The summed E-state index contributed by atoms with van der Waals surface area (Å²) in [6, 6.07) is 3.99. The summed E-state index contributed by atoms with van der Waals surface area (Å²) in [4.78, 5) is 11.3. The van der Waals surface area contributed by atoms with E-state index in [0.717, 1.165) is 0 Å². The Balaban J connectivity index is 2.98. The molecule has 0 aromatic heterocycles. The lowest BCUT2D eigenvalue weighted by Gasteiger charge is -2.13. The van der Waals surface area contributed by atoms with Crippen LogP contribution >= 0.6 is 0 Å². The van der Waals surface area contributed by atoms with Gasteiger partial charge in [0, 0.05) is 6.54 Å². The summed E-state index contributed by atoms with van der Waals surface area (Å²) in [6.45, 7) is 2.90. The van der Waals surface area contributed by atoms with Crippen molar-refractivity contribution in [1.29, 1.82) is 0 Å². The molecule has 7 nitrogen and oxygen atoms in total. The van der Waals surface area contributed by atoms with Gasteiger partial charge in [0.05, 0.1) is 17.6 Å². The lowest BCUT2D eigenvalue weighted by atomic mass is 10.2. The third-order valence-corrected chi connectivity index (χ3v) is 4.34. The number of carbonyl (C=O) groups excluding carboxylic acids is 1. The number of rotatable bonds is 8. The molecule has 118 valence electrons. The zero-order valence-electron chi connectivity index (χ0n) is 12.3. The fraction of sp³-hybridized carbons (Fsp3) is 0.462. The average molecular weight is 315 g/mol. The van der Waals surface area contributed by atoms with Crippen LogP contribution in [-0.4, -0.2) is 41.6 Å². The van der Waals surface area contributed by atoms with E-state index < -0.39 is 15.9 Å². The van der Waals surface area contributed by atoms with Crippen LogP contribution in [0.15, 0.2) is 23.1 Å². The topological polar surface area (TPSA) is 111 Å². The van der Waals surface area contributed by atoms with Crippen molar-refractivity contribution in [1.82, 2.24) is 10.0 Å². The number of methoxy groups -OCH3 is 1. The fourth-order valence-corrected chi connectivity index (χ4v) is 2.99. The molecule has 0 aliphatic rings. The van der Waals surface area contributed by atoms with Crippen LogP contribution in [0, 0.1) is 5.92 Å². The van der Waals surface area contributed by atoms with Crippen molar-refractivity contribution in [3.8, 4) is 5.75 Å². The molecule has 1 aromatic rings. The Bertz CT molecular complexity index is 601. The van der Waals surface area contributed by atoms with Crippen LogP contribution in [0.5, 0.6) is 5.75 Å². The number of benzene rings is 1. The summed E-state index contributed by atoms with van der Waals surface area (Å²) in [6.07, 6.45) is 0. The number of ether oxygens (including phenoxy) is 1. The van der Waals surface area contributed by atoms with Crippen LogP contribution in [0.1, 0.15) is 17.3 Å². The fourth-order valence-electron chi connectivity index (χ4n) is 1.80. The van der Waals surface area contributed by atoms with E-state index >= 15 is 0 Å². The van der Waals surface area contributed by atoms with Crippen molar-refractivity contribution < 1.29 is 17.9 Å². The Morgan fingerprint density at radius 2 is 2.05 bits per heavy atom. The van der Waals surface area contributed by atoms with Gasteiger partial charge in [-0.1, -0.05) is 6.92 Å². The molecule has 1 amide bonds.